The number of carbonyl (C=O) groups excluding carboxylic acids is 3. The molecule has 2 bridgehead atoms. The molecule has 1 aromatic carbocycles. The van der Waals surface area contributed by atoms with E-state index in [1.54, 1.807) is 0 Å². The van der Waals surface area contributed by atoms with Crippen LogP contribution >= 0.6 is 0 Å². The van der Waals surface area contributed by atoms with Crippen LogP contribution in [0.4, 0.5) is 0 Å². The highest BCUT2D eigenvalue weighted by molar-refractivity contribution is 6.18. The lowest BCUT2D eigenvalue weighted by atomic mass is 9.63. The number of hydrogen-bond donors (Lipinski definition) is 0. The Balaban J connectivity index is 1.44. The predicted molar refractivity (Wildman–Crippen MR) is 81.7 cm³/mol. The van der Waals surface area contributed by atoms with Crippen LogP contribution in [0.1, 0.15) is 12.0 Å². The molecule has 6 rings (SSSR count). The zero-order chi connectivity index (χ0) is 15.7. The zero-order valence-electron chi connectivity index (χ0n) is 12.6. The molecule has 4 nitrogen and oxygen atoms in total. The topological polar surface area (TPSA) is 54.5 Å². The van der Waals surface area contributed by atoms with E-state index >= 15 is 0 Å². The fourth-order valence-electron chi connectivity index (χ4n) is 5.05. The second-order valence-corrected chi connectivity index (χ2v) is 7.22. The molecule has 23 heavy (non-hydrogen) atoms. The molecule has 0 spiro atoms. The number of hydrogen-bond acceptors (Lipinski definition) is 3. The summed E-state index contributed by atoms with van der Waals surface area (Å²) in [5.41, 5.74) is 0.830. The summed E-state index contributed by atoms with van der Waals surface area (Å²) in [6.07, 6.45) is 5.48. The molecule has 116 valence electrons. The molecular formula is C19H17NO3. The van der Waals surface area contributed by atoms with Crippen LogP contribution in [0, 0.1) is 35.5 Å². The minimum Gasteiger partial charge on any atom is -0.274 e. The van der Waals surface area contributed by atoms with Crippen molar-refractivity contribution in [3.8, 4) is 0 Å². The molecule has 5 aliphatic rings. The summed E-state index contributed by atoms with van der Waals surface area (Å²) in [6, 6.07) is 9.28. The predicted octanol–water partition coefficient (Wildman–Crippen LogP) is 1.81. The number of imide groups is 3. The van der Waals surface area contributed by atoms with Gasteiger partial charge in [0.05, 0.1) is 18.3 Å². The smallest absolute Gasteiger partial charge is 0.240 e. The van der Waals surface area contributed by atoms with Gasteiger partial charge in [-0.1, -0.05) is 42.5 Å². The molecule has 3 fully saturated rings. The monoisotopic (exact) mass is 307 g/mol. The van der Waals surface area contributed by atoms with E-state index in [-0.39, 0.29) is 47.8 Å². The quantitative estimate of drug-likeness (QED) is 0.618. The van der Waals surface area contributed by atoms with Crippen molar-refractivity contribution in [1.29, 1.82) is 0 Å². The summed E-state index contributed by atoms with van der Waals surface area (Å²) in [6.45, 7) is 0. The highest BCUT2D eigenvalue weighted by Crippen LogP contribution is 2.65. The van der Waals surface area contributed by atoms with Gasteiger partial charge in [-0.15, -0.1) is 0 Å². The van der Waals surface area contributed by atoms with Crippen molar-refractivity contribution >= 4 is 17.7 Å². The molecule has 4 heteroatoms. The van der Waals surface area contributed by atoms with Gasteiger partial charge in [0.1, 0.15) is 0 Å². The summed E-state index contributed by atoms with van der Waals surface area (Å²) >= 11 is 0. The molecular weight excluding hydrogens is 290 g/mol. The SMILES string of the molecule is O=C(Cc1ccccc1)N1C(=O)[C@@H]2[C@H]3C=C[C@@H]([C@@H]4C[C@H]34)[C@H]2C1=O. The normalized spacial score (nSPS) is 39.4. The van der Waals surface area contributed by atoms with E-state index in [9.17, 15) is 14.4 Å². The molecule has 3 amide bonds. The molecule has 2 saturated carbocycles. The first-order valence-corrected chi connectivity index (χ1v) is 8.29. The van der Waals surface area contributed by atoms with Crippen LogP contribution in [0.15, 0.2) is 42.5 Å². The molecule has 1 saturated heterocycles. The van der Waals surface area contributed by atoms with Gasteiger partial charge >= 0.3 is 0 Å². The first kappa shape index (κ1) is 13.2. The number of nitrogens with zero attached hydrogens (tertiary/aromatic N) is 1. The van der Waals surface area contributed by atoms with Gasteiger partial charge in [-0.25, -0.2) is 4.90 Å². The van der Waals surface area contributed by atoms with Gasteiger partial charge in [-0.05, 0) is 35.7 Å². The summed E-state index contributed by atoms with van der Waals surface area (Å²) in [4.78, 5) is 39.1. The minimum atomic E-state index is -0.381. The van der Waals surface area contributed by atoms with Gasteiger partial charge < -0.3 is 0 Å². The zero-order valence-corrected chi connectivity index (χ0v) is 12.6. The van der Waals surface area contributed by atoms with E-state index in [4.69, 9.17) is 0 Å². The first-order valence-electron chi connectivity index (χ1n) is 8.29. The van der Waals surface area contributed by atoms with Crippen molar-refractivity contribution in [2.45, 2.75) is 12.8 Å². The average Bonchev–Trinajstić information content (AvgIpc) is 3.33. The van der Waals surface area contributed by atoms with E-state index < -0.39 is 0 Å². The number of rotatable bonds is 2. The van der Waals surface area contributed by atoms with Gasteiger partial charge in [-0.2, -0.15) is 0 Å². The Morgan fingerprint density at radius 1 is 0.957 bits per heavy atom. The lowest BCUT2D eigenvalue weighted by molar-refractivity contribution is -0.150. The second kappa shape index (κ2) is 4.40. The lowest BCUT2D eigenvalue weighted by Gasteiger charge is -2.37. The van der Waals surface area contributed by atoms with Crippen molar-refractivity contribution < 1.29 is 14.4 Å². The van der Waals surface area contributed by atoms with Gasteiger partial charge in [0.2, 0.25) is 17.7 Å². The Labute approximate surface area is 134 Å². The number of carbonyl (C=O) groups is 3. The average molecular weight is 307 g/mol. The van der Waals surface area contributed by atoms with Crippen LogP contribution in [0.25, 0.3) is 0 Å². The van der Waals surface area contributed by atoms with Crippen molar-refractivity contribution in [2.24, 2.45) is 35.5 Å². The number of likely N-dealkylation sites (tertiary alicyclic amines) is 1. The van der Waals surface area contributed by atoms with Crippen LogP contribution < -0.4 is 0 Å². The molecule has 6 atom stereocenters. The first-order chi connectivity index (χ1) is 11.2. The maximum atomic E-state index is 12.8. The maximum absolute atomic E-state index is 12.8. The van der Waals surface area contributed by atoms with Crippen LogP contribution in [0.3, 0.4) is 0 Å². The van der Waals surface area contributed by atoms with E-state index in [1.165, 1.54) is 0 Å². The molecule has 4 aliphatic carbocycles. The van der Waals surface area contributed by atoms with Gasteiger partial charge in [0, 0.05) is 0 Å². The minimum absolute atomic E-state index is 0.105. The van der Waals surface area contributed by atoms with Crippen molar-refractivity contribution in [1.82, 2.24) is 4.90 Å². The molecule has 1 aliphatic heterocycles. The lowest BCUT2D eigenvalue weighted by Crippen LogP contribution is -2.40. The van der Waals surface area contributed by atoms with Crippen molar-refractivity contribution in [3.05, 3.63) is 48.0 Å². The second-order valence-electron chi connectivity index (χ2n) is 7.22. The highest BCUT2D eigenvalue weighted by atomic mass is 16.2. The molecule has 0 radical (unpaired) electrons. The number of allylic oxidation sites excluding steroid dienone is 2. The Morgan fingerprint density at radius 3 is 2.09 bits per heavy atom. The van der Waals surface area contributed by atoms with E-state index in [2.05, 4.69) is 12.2 Å². The third-order valence-electron chi connectivity index (χ3n) is 6.11. The summed E-state index contributed by atoms with van der Waals surface area (Å²) in [7, 11) is 0. The van der Waals surface area contributed by atoms with Gasteiger partial charge in [0.25, 0.3) is 0 Å². The van der Waals surface area contributed by atoms with E-state index in [0.29, 0.717) is 11.8 Å². The third-order valence-corrected chi connectivity index (χ3v) is 6.11. The summed E-state index contributed by atoms with van der Waals surface area (Å²) in [5.74, 6) is -0.0202. The van der Waals surface area contributed by atoms with Gasteiger partial charge in [0.15, 0.2) is 0 Å². The van der Waals surface area contributed by atoms with Crippen molar-refractivity contribution in [3.63, 3.8) is 0 Å². The fraction of sp³-hybridized carbons (Fsp3) is 0.421. The summed E-state index contributed by atoms with van der Waals surface area (Å²) < 4.78 is 0. The van der Waals surface area contributed by atoms with Gasteiger partial charge in [-0.3, -0.25) is 14.4 Å². The van der Waals surface area contributed by atoms with Crippen molar-refractivity contribution in [2.75, 3.05) is 0 Å². The maximum Gasteiger partial charge on any atom is 0.240 e. The highest BCUT2D eigenvalue weighted by Gasteiger charge is 2.67. The fourth-order valence-corrected chi connectivity index (χ4v) is 5.05. The Bertz CT molecular complexity index is 717. The number of amides is 3. The van der Waals surface area contributed by atoms with Crippen LogP contribution in [-0.2, 0) is 20.8 Å². The Hall–Kier alpha value is -2.23. The molecule has 1 aromatic rings. The van der Waals surface area contributed by atoms with Crippen LogP contribution in [0.5, 0.6) is 0 Å². The molecule has 0 N–H and O–H groups in total. The Morgan fingerprint density at radius 2 is 1.52 bits per heavy atom. The van der Waals surface area contributed by atoms with E-state index in [0.717, 1.165) is 16.9 Å². The Kier molecular flexibility index (Phi) is 2.53. The standard InChI is InChI=1S/C19H17NO3/c21-15(8-10-4-2-1-3-5-10)20-18(22)16-11-6-7-12(14-9-13(11)14)17(16)19(20)23/h1-7,11-14,16-17H,8-9H2/t11-,12-,13-,14+,16+,17+/m0/s1. The molecule has 0 unspecified atom stereocenters. The van der Waals surface area contributed by atoms with Crippen LogP contribution in [-0.4, -0.2) is 22.6 Å². The number of benzene rings is 1. The third kappa shape index (κ3) is 1.69. The molecule has 1 heterocycles. The largest absolute Gasteiger partial charge is 0.274 e. The molecule has 0 aromatic heterocycles. The summed E-state index contributed by atoms with van der Waals surface area (Å²) in [5, 5.41) is 0. The van der Waals surface area contributed by atoms with E-state index in [1.807, 2.05) is 30.3 Å². The van der Waals surface area contributed by atoms with Crippen LogP contribution in [0.2, 0.25) is 0 Å².